The Kier molecular flexibility index (Phi) is 5.65. The lowest BCUT2D eigenvalue weighted by molar-refractivity contribution is -0.384. The Morgan fingerprint density at radius 2 is 1.91 bits per heavy atom. The second-order valence-electron chi connectivity index (χ2n) is 6.97. The van der Waals surface area contributed by atoms with Crippen molar-refractivity contribution in [2.45, 2.75) is 13.5 Å². The fourth-order valence-electron chi connectivity index (χ4n) is 3.07. The molecule has 0 saturated heterocycles. The maximum Gasteiger partial charge on any atom is 0.420 e. The summed E-state index contributed by atoms with van der Waals surface area (Å²) in [5, 5.41) is 14.0. The van der Waals surface area contributed by atoms with Crippen LogP contribution in [0.2, 0.25) is 5.02 Å². The Labute approximate surface area is 185 Å². The molecule has 0 spiro atoms. The number of anilines is 1. The zero-order valence-corrected chi connectivity index (χ0v) is 17.5. The summed E-state index contributed by atoms with van der Waals surface area (Å²) in [6.07, 6.45) is 0. The van der Waals surface area contributed by atoms with Gasteiger partial charge in [0.2, 0.25) is 5.91 Å². The van der Waals surface area contributed by atoms with E-state index in [0.717, 1.165) is 16.2 Å². The van der Waals surface area contributed by atoms with E-state index in [-0.39, 0.29) is 23.3 Å². The maximum absolute atomic E-state index is 12.7. The van der Waals surface area contributed by atoms with Gasteiger partial charge in [0.1, 0.15) is 12.3 Å². The zero-order valence-electron chi connectivity index (χ0n) is 16.7. The minimum atomic E-state index is -0.808. The van der Waals surface area contributed by atoms with E-state index in [1.54, 1.807) is 24.3 Å². The lowest BCUT2D eigenvalue weighted by atomic mass is 10.2. The number of carbonyl (C=O) groups excluding carboxylic acids is 1. The molecule has 0 unspecified atom stereocenters. The van der Waals surface area contributed by atoms with Gasteiger partial charge in [0.15, 0.2) is 11.3 Å². The Balaban J connectivity index is 1.57. The van der Waals surface area contributed by atoms with Crippen molar-refractivity contribution in [3.8, 4) is 11.5 Å². The first-order valence-electron chi connectivity index (χ1n) is 9.42. The van der Waals surface area contributed by atoms with Crippen molar-refractivity contribution in [3.05, 3.63) is 91.9 Å². The molecule has 0 radical (unpaired) electrons. The quantitative estimate of drug-likeness (QED) is 0.328. The van der Waals surface area contributed by atoms with Crippen LogP contribution >= 0.6 is 11.6 Å². The van der Waals surface area contributed by atoms with Gasteiger partial charge in [-0.15, -0.1) is 0 Å². The van der Waals surface area contributed by atoms with E-state index in [4.69, 9.17) is 20.8 Å². The highest BCUT2D eigenvalue weighted by atomic mass is 35.5. The van der Waals surface area contributed by atoms with Gasteiger partial charge in [0, 0.05) is 11.1 Å². The number of aromatic nitrogens is 1. The standard InChI is InChI=1S/C22H16ClN3O6/c1-13-2-6-16(7-3-13)31-19-9-4-14(23)10-17(19)24-21(27)12-25-18-8-5-15(26(29)30)11-20(18)32-22(25)28/h2-11H,12H2,1H3,(H,24,27). The SMILES string of the molecule is Cc1ccc(Oc2ccc(Cl)cc2NC(=O)Cn2c(=O)oc3cc([N+](=O)[O-])ccc32)cc1. The first-order chi connectivity index (χ1) is 15.3. The summed E-state index contributed by atoms with van der Waals surface area (Å²) >= 11 is 6.08. The predicted octanol–water partition coefficient (Wildman–Crippen LogP) is 4.90. The average Bonchev–Trinajstić information content (AvgIpc) is 3.05. The highest BCUT2D eigenvalue weighted by Gasteiger charge is 2.17. The van der Waals surface area contributed by atoms with Crippen LogP contribution in [-0.4, -0.2) is 15.4 Å². The number of nitrogens with zero attached hydrogens (tertiary/aromatic N) is 2. The van der Waals surface area contributed by atoms with E-state index in [1.807, 2.05) is 19.1 Å². The third kappa shape index (κ3) is 4.47. The molecule has 1 aromatic heterocycles. The number of nitro benzene ring substituents is 1. The lowest BCUT2D eigenvalue weighted by Crippen LogP contribution is -2.24. The van der Waals surface area contributed by atoms with Gasteiger partial charge >= 0.3 is 5.76 Å². The van der Waals surface area contributed by atoms with E-state index in [9.17, 15) is 19.7 Å². The molecule has 9 nitrogen and oxygen atoms in total. The molecule has 32 heavy (non-hydrogen) atoms. The van der Waals surface area contributed by atoms with Gasteiger partial charge in [-0.05, 0) is 43.3 Å². The minimum Gasteiger partial charge on any atom is -0.455 e. The van der Waals surface area contributed by atoms with Crippen molar-refractivity contribution in [2.24, 2.45) is 0 Å². The van der Waals surface area contributed by atoms with E-state index >= 15 is 0 Å². The van der Waals surface area contributed by atoms with Crippen molar-refractivity contribution in [2.75, 3.05) is 5.32 Å². The number of amides is 1. The smallest absolute Gasteiger partial charge is 0.420 e. The Bertz CT molecular complexity index is 1390. The van der Waals surface area contributed by atoms with Crippen LogP contribution in [0.4, 0.5) is 11.4 Å². The van der Waals surface area contributed by atoms with E-state index in [0.29, 0.717) is 22.2 Å². The lowest BCUT2D eigenvalue weighted by Gasteiger charge is -2.13. The molecule has 1 heterocycles. The Morgan fingerprint density at radius 1 is 1.16 bits per heavy atom. The molecule has 0 fully saturated rings. The number of carbonyl (C=O) groups is 1. The predicted molar refractivity (Wildman–Crippen MR) is 118 cm³/mol. The fourth-order valence-corrected chi connectivity index (χ4v) is 3.25. The molecule has 3 aromatic carbocycles. The number of ether oxygens (including phenoxy) is 1. The minimum absolute atomic E-state index is 0.0168. The van der Waals surface area contributed by atoms with Gasteiger partial charge in [-0.2, -0.15) is 0 Å². The first kappa shape index (κ1) is 21.1. The summed E-state index contributed by atoms with van der Waals surface area (Å²) in [5.41, 5.74) is 1.45. The molecule has 0 aliphatic rings. The number of rotatable bonds is 6. The van der Waals surface area contributed by atoms with Crippen LogP contribution in [-0.2, 0) is 11.3 Å². The molecule has 0 atom stereocenters. The molecule has 0 aliphatic carbocycles. The van der Waals surface area contributed by atoms with E-state index in [1.165, 1.54) is 18.2 Å². The monoisotopic (exact) mass is 453 g/mol. The van der Waals surface area contributed by atoms with Crippen LogP contribution < -0.4 is 15.8 Å². The largest absolute Gasteiger partial charge is 0.455 e. The van der Waals surface area contributed by atoms with Crippen molar-refractivity contribution in [1.82, 2.24) is 4.57 Å². The van der Waals surface area contributed by atoms with E-state index in [2.05, 4.69) is 5.32 Å². The number of benzene rings is 3. The number of fused-ring (bicyclic) bond motifs is 1. The number of hydrogen-bond acceptors (Lipinski definition) is 6. The molecule has 1 amide bonds. The molecule has 0 bridgehead atoms. The average molecular weight is 454 g/mol. The van der Waals surface area contributed by atoms with Crippen LogP contribution in [0.15, 0.2) is 69.9 Å². The van der Waals surface area contributed by atoms with Gasteiger partial charge in [-0.1, -0.05) is 29.3 Å². The van der Waals surface area contributed by atoms with Crippen LogP contribution in [0, 0.1) is 17.0 Å². The first-order valence-corrected chi connectivity index (χ1v) is 9.79. The van der Waals surface area contributed by atoms with Crippen molar-refractivity contribution in [1.29, 1.82) is 0 Å². The molecule has 1 N–H and O–H groups in total. The van der Waals surface area contributed by atoms with Gasteiger partial charge in [-0.25, -0.2) is 4.79 Å². The highest BCUT2D eigenvalue weighted by molar-refractivity contribution is 6.31. The second kappa shape index (κ2) is 8.56. The number of nitrogens with one attached hydrogen (secondary N) is 1. The Hall–Kier alpha value is -4.11. The molecule has 10 heteroatoms. The summed E-state index contributed by atoms with van der Waals surface area (Å²) in [4.78, 5) is 35.2. The summed E-state index contributed by atoms with van der Waals surface area (Å²) in [7, 11) is 0. The number of hydrogen-bond donors (Lipinski definition) is 1. The molecular formula is C22H16ClN3O6. The molecule has 0 saturated carbocycles. The third-order valence-corrected chi connectivity index (χ3v) is 4.86. The number of oxazole rings is 1. The fraction of sp³-hybridized carbons (Fsp3) is 0.0909. The van der Waals surface area contributed by atoms with Gasteiger partial charge in [-0.3, -0.25) is 19.5 Å². The number of non-ortho nitro benzene ring substituents is 1. The second-order valence-corrected chi connectivity index (χ2v) is 7.40. The van der Waals surface area contributed by atoms with Crippen molar-refractivity contribution >= 4 is 40.0 Å². The van der Waals surface area contributed by atoms with Crippen LogP contribution in [0.3, 0.4) is 0 Å². The third-order valence-electron chi connectivity index (χ3n) is 4.63. The molecule has 0 aliphatic heterocycles. The summed E-state index contributed by atoms with van der Waals surface area (Å²) in [6.45, 7) is 1.58. The number of halogens is 1. The highest BCUT2D eigenvalue weighted by Crippen LogP contribution is 2.32. The van der Waals surface area contributed by atoms with Crippen LogP contribution in [0.25, 0.3) is 11.1 Å². The number of nitro groups is 1. The van der Waals surface area contributed by atoms with Gasteiger partial charge in [0.05, 0.1) is 22.2 Å². The van der Waals surface area contributed by atoms with Crippen LogP contribution in [0.1, 0.15) is 5.56 Å². The van der Waals surface area contributed by atoms with Crippen molar-refractivity contribution < 1.29 is 18.9 Å². The topological polar surface area (TPSA) is 117 Å². The molecule has 4 aromatic rings. The molecule has 162 valence electrons. The van der Waals surface area contributed by atoms with Crippen molar-refractivity contribution in [3.63, 3.8) is 0 Å². The molecule has 4 rings (SSSR count). The summed E-state index contributed by atoms with van der Waals surface area (Å²) in [5.74, 6) is -0.402. The van der Waals surface area contributed by atoms with Gasteiger partial charge in [0.25, 0.3) is 5.69 Å². The van der Waals surface area contributed by atoms with E-state index < -0.39 is 16.6 Å². The van der Waals surface area contributed by atoms with Gasteiger partial charge < -0.3 is 14.5 Å². The summed E-state index contributed by atoms with van der Waals surface area (Å²) < 4.78 is 12.0. The maximum atomic E-state index is 12.7. The zero-order chi connectivity index (χ0) is 22.8. The summed E-state index contributed by atoms with van der Waals surface area (Å²) in [6, 6.07) is 15.9. The molecular weight excluding hydrogens is 438 g/mol. The Morgan fingerprint density at radius 3 is 2.62 bits per heavy atom. The normalized spacial score (nSPS) is 10.8. The number of aryl methyl sites for hydroxylation is 1. The van der Waals surface area contributed by atoms with Crippen LogP contribution in [0.5, 0.6) is 11.5 Å².